The first-order chi connectivity index (χ1) is 9.17. The number of nitrogens with zero attached hydrogens (tertiary/aromatic N) is 1. The van der Waals surface area contributed by atoms with Crippen molar-refractivity contribution < 1.29 is 4.42 Å². The van der Waals surface area contributed by atoms with E-state index >= 15 is 0 Å². The van der Waals surface area contributed by atoms with Crippen molar-refractivity contribution in [3.63, 3.8) is 0 Å². The Kier molecular flexibility index (Phi) is 7.48. The molecule has 4 nitrogen and oxygen atoms in total. The molecule has 1 unspecified atom stereocenters. The van der Waals surface area contributed by atoms with Crippen molar-refractivity contribution in [3.8, 4) is 0 Å². The van der Waals surface area contributed by atoms with Crippen LogP contribution in [0.3, 0.4) is 0 Å². The third-order valence-electron chi connectivity index (χ3n) is 2.66. The summed E-state index contributed by atoms with van der Waals surface area (Å²) < 4.78 is 5.62. The van der Waals surface area contributed by atoms with E-state index in [4.69, 9.17) is 4.42 Å². The van der Waals surface area contributed by atoms with Gasteiger partial charge in [-0.3, -0.25) is 4.99 Å². The molecular weight excluding hydrogens is 258 g/mol. The van der Waals surface area contributed by atoms with Crippen molar-refractivity contribution in [1.29, 1.82) is 0 Å². The number of nitrogens with one attached hydrogen (secondary N) is 2. The third-order valence-corrected chi connectivity index (χ3v) is 3.36. The summed E-state index contributed by atoms with van der Waals surface area (Å²) in [5, 5.41) is 6.62. The first-order valence-corrected chi connectivity index (χ1v) is 8.16. The molecule has 0 radical (unpaired) electrons. The van der Waals surface area contributed by atoms with Crippen molar-refractivity contribution >= 4 is 17.7 Å². The largest absolute Gasteiger partial charge is 0.464 e. The molecular formula is C14H25N3OS. The number of rotatable bonds is 7. The Balaban J connectivity index is 2.52. The van der Waals surface area contributed by atoms with Gasteiger partial charge in [-0.05, 0) is 51.3 Å². The maximum absolute atomic E-state index is 5.62. The minimum atomic E-state index is 0.118. The lowest BCUT2D eigenvalue weighted by Gasteiger charge is -2.16. The van der Waals surface area contributed by atoms with Gasteiger partial charge < -0.3 is 15.1 Å². The van der Waals surface area contributed by atoms with Gasteiger partial charge in [0.1, 0.15) is 11.5 Å². The molecule has 0 fully saturated rings. The molecule has 19 heavy (non-hydrogen) atoms. The number of aryl methyl sites for hydroxylation is 1. The van der Waals surface area contributed by atoms with E-state index in [0.29, 0.717) is 0 Å². The van der Waals surface area contributed by atoms with Crippen molar-refractivity contribution in [2.75, 3.05) is 25.1 Å². The number of guanidine groups is 1. The Bertz CT molecular complexity index is 390. The zero-order valence-corrected chi connectivity index (χ0v) is 13.1. The summed E-state index contributed by atoms with van der Waals surface area (Å²) in [5.41, 5.74) is 0. The molecule has 1 aromatic rings. The Morgan fingerprint density at radius 2 is 2.26 bits per heavy atom. The molecule has 5 heteroatoms. The van der Waals surface area contributed by atoms with E-state index in [1.807, 2.05) is 30.8 Å². The second kappa shape index (κ2) is 8.91. The fraction of sp³-hybridized carbons (Fsp3) is 0.643. The smallest absolute Gasteiger partial charge is 0.191 e. The lowest BCUT2D eigenvalue weighted by atomic mass is 10.2. The molecule has 1 heterocycles. The molecule has 0 aliphatic heterocycles. The quantitative estimate of drug-likeness (QED) is 0.459. The van der Waals surface area contributed by atoms with Gasteiger partial charge in [0.2, 0.25) is 0 Å². The van der Waals surface area contributed by atoms with E-state index in [2.05, 4.69) is 35.7 Å². The van der Waals surface area contributed by atoms with Gasteiger partial charge in [-0.1, -0.05) is 0 Å². The molecule has 108 valence electrons. The van der Waals surface area contributed by atoms with Crippen LogP contribution in [0, 0.1) is 6.92 Å². The van der Waals surface area contributed by atoms with Gasteiger partial charge in [0.15, 0.2) is 5.96 Å². The topological polar surface area (TPSA) is 49.6 Å². The number of furan rings is 1. The zero-order chi connectivity index (χ0) is 14.1. The molecule has 0 aliphatic carbocycles. The summed E-state index contributed by atoms with van der Waals surface area (Å²) in [6, 6.07) is 4.10. The molecule has 0 spiro atoms. The molecule has 0 amide bonds. The average molecular weight is 283 g/mol. The van der Waals surface area contributed by atoms with E-state index in [1.165, 1.54) is 0 Å². The molecule has 2 N–H and O–H groups in total. The maximum atomic E-state index is 5.62. The molecule has 1 aromatic heterocycles. The van der Waals surface area contributed by atoms with Gasteiger partial charge in [0.05, 0.1) is 6.04 Å². The number of thioether (sulfide) groups is 1. The van der Waals surface area contributed by atoms with Crippen LogP contribution in [0.15, 0.2) is 21.5 Å². The fourth-order valence-electron chi connectivity index (χ4n) is 1.68. The van der Waals surface area contributed by atoms with Crippen LogP contribution in [0.2, 0.25) is 0 Å². The van der Waals surface area contributed by atoms with Crippen LogP contribution in [0.4, 0.5) is 0 Å². The highest BCUT2D eigenvalue weighted by molar-refractivity contribution is 7.98. The lowest BCUT2D eigenvalue weighted by Crippen LogP contribution is -2.38. The number of aliphatic imine (C=N–C) groups is 1. The van der Waals surface area contributed by atoms with Crippen LogP contribution in [0.1, 0.15) is 37.8 Å². The van der Waals surface area contributed by atoms with Crippen molar-refractivity contribution in [2.45, 2.75) is 33.2 Å². The van der Waals surface area contributed by atoms with Crippen molar-refractivity contribution in [2.24, 2.45) is 4.99 Å². The summed E-state index contributed by atoms with van der Waals surface area (Å²) in [6.07, 6.45) is 3.22. The SMILES string of the molecule is CCNC(=NCCCSC)NC(C)c1ccc(C)o1. The van der Waals surface area contributed by atoms with E-state index < -0.39 is 0 Å². The lowest BCUT2D eigenvalue weighted by molar-refractivity contribution is 0.441. The Morgan fingerprint density at radius 1 is 1.47 bits per heavy atom. The summed E-state index contributed by atoms with van der Waals surface area (Å²) >= 11 is 1.86. The predicted molar refractivity (Wildman–Crippen MR) is 84.0 cm³/mol. The molecule has 0 aliphatic rings. The fourth-order valence-corrected chi connectivity index (χ4v) is 2.10. The van der Waals surface area contributed by atoms with E-state index in [0.717, 1.165) is 42.7 Å². The second-order valence-corrected chi connectivity index (χ2v) is 5.41. The van der Waals surface area contributed by atoms with Crippen LogP contribution >= 0.6 is 11.8 Å². The van der Waals surface area contributed by atoms with Gasteiger partial charge in [-0.15, -0.1) is 0 Å². The van der Waals surface area contributed by atoms with E-state index in [9.17, 15) is 0 Å². The van der Waals surface area contributed by atoms with Gasteiger partial charge in [0, 0.05) is 13.1 Å². The standard InChI is InChI=1S/C14H25N3OS/c1-5-15-14(16-9-6-10-19-4)17-12(3)13-8-7-11(2)18-13/h7-8,12H,5-6,9-10H2,1-4H3,(H2,15,16,17). The average Bonchev–Trinajstić information content (AvgIpc) is 2.81. The first kappa shape index (κ1) is 16.0. The molecule has 0 aromatic carbocycles. The van der Waals surface area contributed by atoms with Crippen molar-refractivity contribution in [1.82, 2.24) is 10.6 Å². The van der Waals surface area contributed by atoms with Crippen LogP contribution in [-0.2, 0) is 0 Å². The molecule has 1 rings (SSSR count). The van der Waals surface area contributed by atoms with Gasteiger partial charge in [-0.25, -0.2) is 0 Å². The number of hydrogen-bond acceptors (Lipinski definition) is 3. The maximum Gasteiger partial charge on any atom is 0.191 e. The Hall–Kier alpha value is -1.10. The third kappa shape index (κ3) is 6.05. The van der Waals surface area contributed by atoms with Crippen LogP contribution in [0.5, 0.6) is 0 Å². The minimum absolute atomic E-state index is 0.118. The van der Waals surface area contributed by atoms with Crippen LogP contribution in [0.25, 0.3) is 0 Å². The highest BCUT2D eigenvalue weighted by Gasteiger charge is 2.10. The Labute approximate surface area is 120 Å². The zero-order valence-electron chi connectivity index (χ0n) is 12.3. The van der Waals surface area contributed by atoms with Crippen LogP contribution in [-0.4, -0.2) is 31.1 Å². The first-order valence-electron chi connectivity index (χ1n) is 6.77. The van der Waals surface area contributed by atoms with Gasteiger partial charge >= 0.3 is 0 Å². The molecule has 0 bridgehead atoms. The molecule has 1 atom stereocenters. The molecule has 0 saturated carbocycles. The number of hydrogen-bond donors (Lipinski definition) is 2. The van der Waals surface area contributed by atoms with Gasteiger partial charge in [0.25, 0.3) is 0 Å². The summed E-state index contributed by atoms with van der Waals surface area (Å²) in [6.45, 7) is 7.81. The summed E-state index contributed by atoms with van der Waals surface area (Å²) in [4.78, 5) is 4.56. The summed E-state index contributed by atoms with van der Waals surface area (Å²) in [5.74, 6) is 3.87. The predicted octanol–water partition coefficient (Wildman–Crippen LogP) is 2.96. The Morgan fingerprint density at radius 3 is 2.84 bits per heavy atom. The normalized spacial score (nSPS) is 13.4. The van der Waals surface area contributed by atoms with E-state index in [-0.39, 0.29) is 6.04 Å². The van der Waals surface area contributed by atoms with Crippen LogP contribution < -0.4 is 10.6 Å². The highest BCUT2D eigenvalue weighted by Crippen LogP contribution is 2.15. The summed E-state index contributed by atoms with van der Waals surface area (Å²) in [7, 11) is 0. The second-order valence-electron chi connectivity index (χ2n) is 4.42. The highest BCUT2D eigenvalue weighted by atomic mass is 32.2. The van der Waals surface area contributed by atoms with Gasteiger partial charge in [-0.2, -0.15) is 11.8 Å². The monoisotopic (exact) mass is 283 g/mol. The van der Waals surface area contributed by atoms with E-state index in [1.54, 1.807) is 0 Å². The molecule has 0 saturated heterocycles. The van der Waals surface area contributed by atoms with Crippen molar-refractivity contribution in [3.05, 3.63) is 23.7 Å². The minimum Gasteiger partial charge on any atom is -0.464 e.